The van der Waals surface area contributed by atoms with Gasteiger partial charge in [0.2, 0.25) is 5.79 Å². The average molecular weight is 669 g/mol. The highest BCUT2D eigenvalue weighted by Crippen LogP contribution is 2.41. The molecule has 0 aliphatic carbocycles. The van der Waals surface area contributed by atoms with Gasteiger partial charge in [0.05, 0.1) is 45.7 Å². The Balaban J connectivity index is 1.55. The highest BCUT2D eigenvalue weighted by Gasteiger charge is 2.59. The lowest BCUT2D eigenvalue weighted by Crippen LogP contribution is -2.69. The van der Waals surface area contributed by atoms with E-state index in [4.69, 9.17) is 33.2 Å². The highest BCUT2D eigenvalue weighted by molar-refractivity contribution is 5.70. The number of hydrogen-bond donors (Lipinski definition) is 0. The summed E-state index contributed by atoms with van der Waals surface area (Å²) in [6, 6.07) is 39.7. The third-order valence-corrected chi connectivity index (χ3v) is 8.14. The van der Waals surface area contributed by atoms with Gasteiger partial charge in [-0.3, -0.25) is 4.79 Å². The van der Waals surface area contributed by atoms with Gasteiger partial charge in [-0.2, -0.15) is 0 Å². The Hall–Kier alpha value is -3.89. The summed E-state index contributed by atoms with van der Waals surface area (Å²) in [5, 5.41) is 0. The summed E-state index contributed by atoms with van der Waals surface area (Å²) in [6.45, 7) is 7.12. The summed E-state index contributed by atoms with van der Waals surface area (Å²) in [6.07, 6.45) is -3.54. The number of benzene rings is 4. The molecule has 0 saturated carbocycles. The predicted octanol–water partition coefficient (Wildman–Crippen LogP) is 7.43. The average Bonchev–Trinajstić information content (AvgIpc) is 3.11. The summed E-state index contributed by atoms with van der Waals surface area (Å²) in [4.78, 5) is 13.4. The monoisotopic (exact) mass is 668 g/mol. The summed E-state index contributed by atoms with van der Waals surface area (Å²) in [7, 11) is 0. The molecule has 0 aromatic heterocycles. The summed E-state index contributed by atoms with van der Waals surface area (Å²) in [5.74, 6) is -2.05. The van der Waals surface area contributed by atoms with Crippen LogP contribution in [-0.4, -0.2) is 55.5 Å². The lowest BCUT2D eigenvalue weighted by molar-refractivity contribution is -0.389. The fourth-order valence-electron chi connectivity index (χ4n) is 6.01. The quantitative estimate of drug-likeness (QED) is 0.101. The maximum atomic E-state index is 13.4. The SMILES string of the molecule is CCOC(=O)C[C@]1(OC(C)C)O[C@H](COCc2ccccc2)[C@@H](OCc2ccccc2)[C@H](OCc2ccccc2)[C@H]1OCc1ccccc1. The molecule has 0 radical (unpaired) electrons. The highest BCUT2D eigenvalue weighted by atomic mass is 16.7. The molecule has 1 fully saturated rings. The Bertz CT molecular complexity index is 1500. The van der Waals surface area contributed by atoms with Gasteiger partial charge in [0.15, 0.2) is 0 Å². The fraction of sp³-hybridized carbons (Fsp3) is 0.390. The maximum Gasteiger partial charge on any atom is 0.311 e. The molecule has 5 rings (SSSR count). The zero-order valence-corrected chi connectivity index (χ0v) is 28.6. The van der Waals surface area contributed by atoms with Crippen LogP contribution >= 0.6 is 0 Å². The second-order valence-electron chi connectivity index (χ2n) is 12.4. The molecule has 5 atom stereocenters. The maximum absolute atomic E-state index is 13.4. The molecule has 49 heavy (non-hydrogen) atoms. The van der Waals surface area contributed by atoms with Crippen LogP contribution in [-0.2, 0) is 64.4 Å². The molecule has 0 unspecified atom stereocenters. The van der Waals surface area contributed by atoms with Crippen LogP contribution in [0.2, 0.25) is 0 Å². The minimum Gasteiger partial charge on any atom is -0.466 e. The molecule has 4 aromatic rings. The van der Waals surface area contributed by atoms with Crippen molar-refractivity contribution in [2.45, 2.75) is 89.9 Å². The van der Waals surface area contributed by atoms with Gasteiger partial charge < -0.3 is 33.2 Å². The number of carbonyl (C=O) groups excluding carboxylic acids is 1. The van der Waals surface area contributed by atoms with Gasteiger partial charge >= 0.3 is 5.97 Å². The van der Waals surface area contributed by atoms with Crippen molar-refractivity contribution in [3.63, 3.8) is 0 Å². The predicted molar refractivity (Wildman–Crippen MR) is 186 cm³/mol. The van der Waals surface area contributed by atoms with Crippen LogP contribution in [0, 0.1) is 0 Å². The van der Waals surface area contributed by atoms with Crippen LogP contribution in [0.3, 0.4) is 0 Å². The molecule has 0 bridgehead atoms. The number of carbonyl (C=O) groups is 1. The van der Waals surface area contributed by atoms with Crippen LogP contribution in [0.4, 0.5) is 0 Å². The first-order valence-electron chi connectivity index (χ1n) is 17.0. The van der Waals surface area contributed by atoms with Crippen molar-refractivity contribution >= 4 is 5.97 Å². The smallest absolute Gasteiger partial charge is 0.311 e. The van der Waals surface area contributed by atoms with Gasteiger partial charge in [-0.15, -0.1) is 0 Å². The number of hydrogen-bond acceptors (Lipinski definition) is 8. The first kappa shape index (κ1) is 36.4. The zero-order chi connectivity index (χ0) is 34.3. The Morgan fingerprint density at radius 2 is 1.10 bits per heavy atom. The van der Waals surface area contributed by atoms with E-state index in [1.807, 2.05) is 135 Å². The van der Waals surface area contributed by atoms with E-state index in [9.17, 15) is 4.79 Å². The van der Waals surface area contributed by atoms with Crippen molar-refractivity contribution in [2.75, 3.05) is 13.2 Å². The molecular formula is C41H48O8. The Morgan fingerprint density at radius 3 is 1.57 bits per heavy atom. The van der Waals surface area contributed by atoms with E-state index in [-0.39, 0.29) is 39.0 Å². The van der Waals surface area contributed by atoms with Gasteiger partial charge in [-0.25, -0.2) is 0 Å². The second kappa shape index (κ2) is 18.8. The zero-order valence-electron chi connectivity index (χ0n) is 28.6. The van der Waals surface area contributed by atoms with E-state index < -0.39 is 36.2 Å². The van der Waals surface area contributed by atoms with E-state index in [0.29, 0.717) is 13.2 Å². The number of ether oxygens (including phenoxy) is 7. The summed E-state index contributed by atoms with van der Waals surface area (Å²) in [5.41, 5.74) is 3.96. The Morgan fingerprint density at radius 1 is 0.653 bits per heavy atom. The molecule has 1 aliphatic heterocycles. The summed E-state index contributed by atoms with van der Waals surface area (Å²) >= 11 is 0. The minimum atomic E-state index is -1.58. The molecule has 260 valence electrons. The van der Waals surface area contributed by atoms with Crippen LogP contribution in [0.15, 0.2) is 121 Å². The van der Waals surface area contributed by atoms with Crippen LogP contribution in [0.1, 0.15) is 49.4 Å². The topological polar surface area (TPSA) is 81.7 Å². The normalized spacial score (nSPS) is 22.2. The van der Waals surface area contributed by atoms with Crippen molar-refractivity contribution in [3.8, 4) is 0 Å². The van der Waals surface area contributed by atoms with Crippen LogP contribution in [0.5, 0.6) is 0 Å². The van der Waals surface area contributed by atoms with Gasteiger partial charge in [-0.1, -0.05) is 121 Å². The van der Waals surface area contributed by atoms with E-state index in [1.165, 1.54) is 0 Å². The number of esters is 1. The molecule has 4 aromatic carbocycles. The van der Waals surface area contributed by atoms with Crippen LogP contribution < -0.4 is 0 Å². The van der Waals surface area contributed by atoms with E-state index in [0.717, 1.165) is 22.3 Å². The van der Waals surface area contributed by atoms with Crippen molar-refractivity contribution in [2.24, 2.45) is 0 Å². The standard InChI is InChI=1S/C41H48O8/c1-4-44-37(42)25-41(48-31(2)3)40(47-29-35-23-15-8-16-24-35)39(46-28-34-21-13-7-14-22-34)38(45-27-33-19-11-6-12-20-33)36(49-41)30-43-26-32-17-9-5-10-18-32/h5-24,31,36,38-40H,4,25-30H2,1-3H3/t36-,38-,39+,40-,41+/m1/s1. The molecule has 8 nitrogen and oxygen atoms in total. The van der Waals surface area contributed by atoms with Crippen LogP contribution in [0.25, 0.3) is 0 Å². The van der Waals surface area contributed by atoms with Crippen molar-refractivity contribution in [3.05, 3.63) is 144 Å². The van der Waals surface area contributed by atoms with Crippen molar-refractivity contribution in [1.29, 1.82) is 0 Å². The summed E-state index contributed by atoms with van der Waals surface area (Å²) < 4.78 is 45.7. The lowest BCUT2D eigenvalue weighted by Gasteiger charge is -2.52. The van der Waals surface area contributed by atoms with E-state index >= 15 is 0 Å². The van der Waals surface area contributed by atoms with Crippen molar-refractivity contribution < 1.29 is 38.0 Å². The molecule has 0 amide bonds. The fourth-order valence-corrected chi connectivity index (χ4v) is 6.01. The molecule has 0 spiro atoms. The van der Waals surface area contributed by atoms with Crippen molar-refractivity contribution in [1.82, 2.24) is 0 Å². The first-order valence-corrected chi connectivity index (χ1v) is 17.0. The molecule has 1 saturated heterocycles. The van der Waals surface area contributed by atoms with Gasteiger partial charge in [0.25, 0.3) is 0 Å². The molecule has 8 heteroatoms. The number of rotatable bonds is 18. The Labute approximate surface area is 290 Å². The molecular weight excluding hydrogens is 620 g/mol. The second-order valence-corrected chi connectivity index (χ2v) is 12.4. The lowest BCUT2D eigenvalue weighted by atomic mass is 9.89. The molecule has 1 aliphatic rings. The van der Waals surface area contributed by atoms with Gasteiger partial charge in [0.1, 0.15) is 30.8 Å². The minimum absolute atomic E-state index is 0.150. The van der Waals surface area contributed by atoms with E-state index in [2.05, 4.69) is 0 Å². The van der Waals surface area contributed by atoms with Gasteiger partial charge in [-0.05, 0) is 43.0 Å². The van der Waals surface area contributed by atoms with E-state index in [1.54, 1.807) is 6.92 Å². The third kappa shape index (κ3) is 10.8. The third-order valence-electron chi connectivity index (χ3n) is 8.14. The van der Waals surface area contributed by atoms with Gasteiger partial charge in [0, 0.05) is 0 Å². The molecule has 0 N–H and O–H groups in total. The molecule has 1 heterocycles. The largest absolute Gasteiger partial charge is 0.466 e. The first-order chi connectivity index (χ1) is 24.0. The Kier molecular flexibility index (Phi) is 13.9.